The number of carbonyl (C=O) groups is 1. The molecular formula is C16H18N2O2S. The highest BCUT2D eigenvalue weighted by molar-refractivity contribution is 7.17. The van der Waals surface area contributed by atoms with E-state index in [1.807, 2.05) is 13.0 Å². The van der Waals surface area contributed by atoms with Crippen LogP contribution in [0.15, 0.2) is 30.3 Å². The summed E-state index contributed by atoms with van der Waals surface area (Å²) in [5, 5.41) is 10.1. The summed E-state index contributed by atoms with van der Waals surface area (Å²) in [7, 11) is 0. The Morgan fingerprint density at radius 1 is 1.43 bits per heavy atom. The summed E-state index contributed by atoms with van der Waals surface area (Å²) in [6.07, 6.45) is 1.75. The molecule has 0 radical (unpaired) electrons. The van der Waals surface area contributed by atoms with E-state index in [0.29, 0.717) is 22.9 Å². The van der Waals surface area contributed by atoms with Crippen molar-refractivity contribution in [1.82, 2.24) is 4.98 Å². The number of hydrogen-bond acceptors (Lipinski definition) is 4. The summed E-state index contributed by atoms with van der Waals surface area (Å²) in [5.41, 5.74) is 2.05. The van der Waals surface area contributed by atoms with Crippen LogP contribution in [0.1, 0.15) is 40.2 Å². The van der Waals surface area contributed by atoms with Crippen molar-refractivity contribution >= 4 is 22.4 Å². The predicted octanol–water partition coefficient (Wildman–Crippen LogP) is 3.40. The molecule has 1 unspecified atom stereocenters. The van der Waals surface area contributed by atoms with Gasteiger partial charge in [0.1, 0.15) is 4.88 Å². The van der Waals surface area contributed by atoms with Gasteiger partial charge in [0.2, 0.25) is 0 Å². The van der Waals surface area contributed by atoms with Crippen LogP contribution in [0.5, 0.6) is 0 Å². The molecule has 0 amide bonds. The fraction of sp³-hybridized carbons (Fsp3) is 0.375. The summed E-state index contributed by atoms with van der Waals surface area (Å²) in [5.74, 6) is -0.358. The van der Waals surface area contributed by atoms with Crippen molar-refractivity contribution < 1.29 is 9.90 Å². The smallest absolute Gasteiger partial charge is 0.347 e. The minimum absolute atomic E-state index is 0.385. The summed E-state index contributed by atoms with van der Waals surface area (Å²) >= 11 is 1.30. The maximum atomic E-state index is 11.2. The van der Waals surface area contributed by atoms with Gasteiger partial charge in [0.15, 0.2) is 5.13 Å². The normalized spacial score (nSPS) is 18.1. The highest BCUT2D eigenvalue weighted by Crippen LogP contribution is 2.34. The first-order chi connectivity index (χ1) is 10.2. The quantitative estimate of drug-likeness (QED) is 0.940. The van der Waals surface area contributed by atoms with E-state index in [4.69, 9.17) is 0 Å². The van der Waals surface area contributed by atoms with Crippen LogP contribution < -0.4 is 4.90 Å². The molecular weight excluding hydrogens is 284 g/mol. The summed E-state index contributed by atoms with van der Waals surface area (Å²) in [6, 6.07) is 10.5. The first-order valence-corrected chi connectivity index (χ1v) is 8.03. The molecule has 1 N–H and O–H groups in total. The van der Waals surface area contributed by atoms with Crippen molar-refractivity contribution in [2.75, 3.05) is 18.0 Å². The number of rotatable bonds is 4. The van der Waals surface area contributed by atoms with Gasteiger partial charge in [-0.2, -0.15) is 0 Å². The molecule has 0 aliphatic carbocycles. The van der Waals surface area contributed by atoms with Crippen LogP contribution in [0, 0.1) is 0 Å². The zero-order valence-electron chi connectivity index (χ0n) is 12.0. The lowest BCUT2D eigenvalue weighted by Crippen LogP contribution is -2.18. The number of nitrogens with zero attached hydrogens (tertiary/aromatic N) is 2. The number of carboxylic acids is 1. The molecule has 0 bridgehead atoms. The third-order valence-corrected chi connectivity index (χ3v) is 5.09. The third-order valence-electron chi connectivity index (χ3n) is 3.94. The average molecular weight is 302 g/mol. The Labute approximate surface area is 128 Å². The molecule has 1 atom stereocenters. The lowest BCUT2D eigenvalue weighted by molar-refractivity contribution is 0.0701. The molecule has 1 aromatic carbocycles. The molecule has 0 spiro atoms. The van der Waals surface area contributed by atoms with Gasteiger partial charge in [-0.3, -0.25) is 0 Å². The lowest BCUT2D eigenvalue weighted by atomic mass is 9.99. The maximum absolute atomic E-state index is 11.2. The van der Waals surface area contributed by atoms with E-state index in [-0.39, 0.29) is 0 Å². The largest absolute Gasteiger partial charge is 0.477 e. The van der Waals surface area contributed by atoms with Crippen molar-refractivity contribution in [3.05, 3.63) is 46.5 Å². The standard InChI is InChI=1S/C16H18N2O2S/c1-2-13-14(15(19)20)21-16(17-13)18-9-8-12(10-18)11-6-4-3-5-7-11/h3-7,12H,2,8-10H2,1H3,(H,19,20). The molecule has 0 saturated carbocycles. The Bertz CT molecular complexity index is 639. The first-order valence-electron chi connectivity index (χ1n) is 7.22. The average Bonchev–Trinajstić information content (AvgIpc) is 3.14. The van der Waals surface area contributed by atoms with Crippen LogP contribution in [0.4, 0.5) is 5.13 Å². The second kappa shape index (κ2) is 5.85. The van der Waals surface area contributed by atoms with E-state index in [1.54, 1.807) is 0 Å². The lowest BCUT2D eigenvalue weighted by Gasteiger charge is -2.15. The van der Waals surface area contributed by atoms with Crippen LogP contribution in [-0.2, 0) is 6.42 Å². The molecule has 2 aromatic rings. The van der Waals surface area contributed by atoms with E-state index in [9.17, 15) is 9.90 Å². The van der Waals surface area contributed by atoms with Crippen LogP contribution in [0.25, 0.3) is 0 Å². The Morgan fingerprint density at radius 3 is 2.81 bits per heavy atom. The Balaban J connectivity index is 1.79. The fourth-order valence-electron chi connectivity index (χ4n) is 2.81. The first kappa shape index (κ1) is 14.1. The van der Waals surface area contributed by atoms with Gasteiger partial charge in [0, 0.05) is 19.0 Å². The molecule has 5 heteroatoms. The minimum atomic E-state index is -0.866. The van der Waals surface area contributed by atoms with Crippen molar-refractivity contribution in [2.24, 2.45) is 0 Å². The van der Waals surface area contributed by atoms with Gasteiger partial charge >= 0.3 is 5.97 Å². The number of hydrogen-bond donors (Lipinski definition) is 1. The SMILES string of the molecule is CCc1nc(N2CCC(c3ccccc3)C2)sc1C(=O)O. The number of benzene rings is 1. The predicted molar refractivity (Wildman–Crippen MR) is 84.5 cm³/mol. The van der Waals surface area contributed by atoms with Crippen molar-refractivity contribution in [2.45, 2.75) is 25.7 Å². The van der Waals surface area contributed by atoms with Gasteiger partial charge in [-0.25, -0.2) is 9.78 Å². The molecule has 1 aliphatic rings. The Morgan fingerprint density at radius 2 is 2.19 bits per heavy atom. The number of aromatic nitrogens is 1. The molecule has 4 nitrogen and oxygen atoms in total. The van der Waals surface area contributed by atoms with Gasteiger partial charge in [-0.1, -0.05) is 48.6 Å². The zero-order valence-corrected chi connectivity index (χ0v) is 12.8. The van der Waals surface area contributed by atoms with Crippen LogP contribution in [0.3, 0.4) is 0 Å². The summed E-state index contributed by atoms with van der Waals surface area (Å²) < 4.78 is 0. The second-order valence-corrected chi connectivity index (χ2v) is 6.25. The Kier molecular flexibility index (Phi) is 3.92. The summed E-state index contributed by atoms with van der Waals surface area (Å²) in [4.78, 5) is 18.4. The topological polar surface area (TPSA) is 53.4 Å². The number of aromatic carboxylic acids is 1. The van der Waals surface area contributed by atoms with Gasteiger partial charge in [0.05, 0.1) is 5.69 Å². The molecule has 1 saturated heterocycles. The van der Waals surface area contributed by atoms with Crippen LogP contribution in [0.2, 0.25) is 0 Å². The zero-order chi connectivity index (χ0) is 14.8. The third kappa shape index (κ3) is 2.78. The van der Waals surface area contributed by atoms with E-state index < -0.39 is 5.97 Å². The van der Waals surface area contributed by atoms with E-state index >= 15 is 0 Å². The molecule has 2 heterocycles. The highest BCUT2D eigenvalue weighted by atomic mass is 32.1. The number of anilines is 1. The Hall–Kier alpha value is -1.88. The molecule has 1 aromatic heterocycles. The number of thiazole rings is 1. The van der Waals surface area contributed by atoms with Crippen LogP contribution >= 0.6 is 11.3 Å². The highest BCUT2D eigenvalue weighted by Gasteiger charge is 2.27. The van der Waals surface area contributed by atoms with Crippen molar-refractivity contribution in [1.29, 1.82) is 0 Å². The molecule has 3 rings (SSSR count). The van der Waals surface area contributed by atoms with Crippen molar-refractivity contribution in [3.8, 4) is 0 Å². The minimum Gasteiger partial charge on any atom is -0.477 e. The molecule has 1 aliphatic heterocycles. The molecule has 21 heavy (non-hydrogen) atoms. The maximum Gasteiger partial charge on any atom is 0.347 e. The second-order valence-electron chi connectivity index (χ2n) is 5.27. The van der Waals surface area contributed by atoms with Crippen molar-refractivity contribution in [3.63, 3.8) is 0 Å². The monoisotopic (exact) mass is 302 g/mol. The van der Waals surface area contributed by atoms with E-state index in [0.717, 1.165) is 24.6 Å². The van der Waals surface area contributed by atoms with Gasteiger partial charge in [-0.05, 0) is 18.4 Å². The van der Waals surface area contributed by atoms with E-state index in [1.165, 1.54) is 16.9 Å². The molecule has 110 valence electrons. The summed E-state index contributed by atoms with van der Waals surface area (Å²) in [6.45, 7) is 3.80. The van der Waals surface area contributed by atoms with Crippen LogP contribution in [-0.4, -0.2) is 29.1 Å². The van der Waals surface area contributed by atoms with E-state index in [2.05, 4.69) is 34.1 Å². The van der Waals surface area contributed by atoms with Gasteiger partial charge in [-0.15, -0.1) is 0 Å². The number of carboxylic acid groups (broad SMARTS) is 1. The van der Waals surface area contributed by atoms with Gasteiger partial charge < -0.3 is 10.0 Å². The van der Waals surface area contributed by atoms with Gasteiger partial charge in [0.25, 0.3) is 0 Å². The molecule has 1 fully saturated rings. The number of aryl methyl sites for hydroxylation is 1. The fourth-order valence-corrected chi connectivity index (χ4v) is 3.84.